The van der Waals surface area contributed by atoms with Crippen LogP contribution in [-0.2, 0) is 13.0 Å². The lowest BCUT2D eigenvalue weighted by Crippen LogP contribution is -2.24. The van der Waals surface area contributed by atoms with Gasteiger partial charge >= 0.3 is 0 Å². The lowest BCUT2D eigenvalue weighted by atomic mass is 10.2. The highest BCUT2D eigenvalue weighted by molar-refractivity contribution is 7.80. The first-order chi connectivity index (χ1) is 8.34. The van der Waals surface area contributed by atoms with Crippen molar-refractivity contribution in [3.63, 3.8) is 0 Å². The molecule has 0 amide bonds. The zero-order valence-electron chi connectivity index (χ0n) is 9.47. The van der Waals surface area contributed by atoms with E-state index < -0.39 is 0 Å². The van der Waals surface area contributed by atoms with E-state index in [0.717, 1.165) is 18.0 Å². The molecule has 2 aromatic rings. The Kier molecular flexibility index (Phi) is 2.65. The van der Waals surface area contributed by atoms with Gasteiger partial charge < -0.3 is 4.90 Å². The van der Waals surface area contributed by atoms with E-state index in [4.69, 9.17) is 12.2 Å². The van der Waals surface area contributed by atoms with Crippen LogP contribution in [0, 0.1) is 0 Å². The first kappa shape index (κ1) is 10.5. The lowest BCUT2D eigenvalue weighted by Gasteiger charge is -2.19. The molecule has 0 spiro atoms. The lowest BCUT2D eigenvalue weighted by molar-refractivity contribution is 1.03. The first-order valence-corrected chi connectivity index (χ1v) is 6.17. The maximum absolute atomic E-state index is 5.47. The van der Waals surface area contributed by atoms with E-state index in [0.29, 0.717) is 0 Å². The van der Waals surface area contributed by atoms with Crippen molar-refractivity contribution < 1.29 is 0 Å². The molecule has 0 bridgehead atoms. The van der Waals surface area contributed by atoms with Gasteiger partial charge in [-0.3, -0.25) is 0 Å². The number of nitrogens with zero attached hydrogens (tertiary/aromatic N) is 1. The Morgan fingerprint density at radius 3 is 2.47 bits per heavy atom. The number of hydrogen-bond acceptors (Lipinski definition) is 1. The molecular formula is C15H13NS. The van der Waals surface area contributed by atoms with Gasteiger partial charge in [-0.2, -0.15) is 0 Å². The molecule has 0 unspecified atom stereocenters. The third-order valence-electron chi connectivity index (χ3n) is 3.11. The Morgan fingerprint density at radius 2 is 1.65 bits per heavy atom. The van der Waals surface area contributed by atoms with Crippen molar-refractivity contribution in [3.05, 3.63) is 65.7 Å². The van der Waals surface area contributed by atoms with Crippen molar-refractivity contribution in [2.75, 3.05) is 4.90 Å². The molecule has 0 radical (unpaired) electrons. The van der Waals surface area contributed by atoms with Crippen LogP contribution in [0.1, 0.15) is 11.1 Å². The van der Waals surface area contributed by atoms with E-state index in [9.17, 15) is 0 Å². The summed E-state index contributed by atoms with van der Waals surface area (Å²) in [6, 6.07) is 18.9. The highest BCUT2D eigenvalue weighted by Gasteiger charge is 2.23. The van der Waals surface area contributed by atoms with Gasteiger partial charge in [0, 0.05) is 18.7 Å². The zero-order chi connectivity index (χ0) is 11.7. The molecule has 1 aliphatic heterocycles. The Bertz CT molecular complexity index is 548. The van der Waals surface area contributed by atoms with Crippen LogP contribution in [-0.4, -0.2) is 4.99 Å². The number of benzene rings is 2. The van der Waals surface area contributed by atoms with E-state index in [1.54, 1.807) is 0 Å². The molecule has 1 heterocycles. The number of para-hydroxylation sites is 1. The molecule has 0 saturated carbocycles. The van der Waals surface area contributed by atoms with Crippen molar-refractivity contribution in [2.45, 2.75) is 13.0 Å². The molecule has 17 heavy (non-hydrogen) atoms. The summed E-state index contributed by atoms with van der Waals surface area (Å²) in [5, 5.41) is 0. The van der Waals surface area contributed by atoms with Crippen LogP contribution < -0.4 is 4.90 Å². The largest absolute Gasteiger partial charge is 0.331 e. The van der Waals surface area contributed by atoms with Crippen LogP contribution in [0.25, 0.3) is 0 Å². The number of thiocarbonyl (C=S) groups is 1. The molecule has 0 atom stereocenters. The second kappa shape index (κ2) is 4.30. The van der Waals surface area contributed by atoms with E-state index in [1.807, 2.05) is 6.07 Å². The maximum Gasteiger partial charge on any atom is 0.0872 e. The Morgan fingerprint density at radius 1 is 0.941 bits per heavy atom. The van der Waals surface area contributed by atoms with Crippen LogP contribution >= 0.6 is 12.2 Å². The topological polar surface area (TPSA) is 3.24 Å². The standard InChI is InChI=1S/C15H13NS/c17-15-10-13-8-4-5-9-14(13)16(15)11-12-6-2-1-3-7-12/h1-9H,10-11H2. The fourth-order valence-corrected chi connectivity index (χ4v) is 2.57. The van der Waals surface area contributed by atoms with E-state index in [1.165, 1.54) is 16.8 Å². The van der Waals surface area contributed by atoms with E-state index in [-0.39, 0.29) is 0 Å². The summed E-state index contributed by atoms with van der Waals surface area (Å²) in [4.78, 5) is 3.26. The average molecular weight is 239 g/mol. The van der Waals surface area contributed by atoms with Crippen molar-refractivity contribution in [2.24, 2.45) is 0 Å². The van der Waals surface area contributed by atoms with E-state index in [2.05, 4.69) is 53.4 Å². The number of rotatable bonds is 2. The molecule has 84 valence electrons. The molecule has 3 rings (SSSR count). The molecule has 1 aliphatic rings. The normalized spacial score (nSPS) is 13.9. The van der Waals surface area contributed by atoms with Gasteiger partial charge in [0.25, 0.3) is 0 Å². The summed E-state index contributed by atoms with van der Waals surface area (Å²) in [6.07, 6.45) is 0.901. The van der Waals surface area contributed by atoms with Crippen LogP contribution in [0.5, 0.6) is 0 Å². The third kappa shape index (κ3) is 1.96. The predicted octanol–water partition coefficient (Wildman–Crippen LogP) is 3.58. The fraction of sp³-hybridized carbons (Fsp3) is 0.133. The second-order valence-corrected chi connectivity index (χ2v) is 4.74. The van der Waals surface area contributed by atoms with Gasteiger partial charge in [-0.25, -0.2) is 0 Å². The van der Waals surface area contributed by atoms with Crippen molar-refractivity contribution >= 4 is 22.9 Å². The third-order valence-corrected chi connectivity index (χ3v) is 3.47. The van der Waals surface area contributed by atoms with E-state index >= 15 is 0 Å². The fourth-order valence-electron chi connectivity index (χ4n) is 2.26. The van der Waals surface area contributed by atoms with Gasteiger partial charge in [0.15, 0.2) is 0 Å². The Hall–Kier alpha value is -1.67. The Balaban J connectivity index is 1.92. The minimum atomic E-state index is 0.872. The Labute approximate surface area is 107 Å². The average Bonchev–Trinajstić information content (AvgIpc) is 2.68. The highest BCUT2D eigenvalue weighted by Crippen LogP contribution is 2.30. The number of hydrogen-bond donors (Lipinski definition) is 0. The molecular weight excluding hydrogens is 226 g/mol. The van der Waals surface area contributed by atoms with Crippen LogP contribution in [0.15, 0.2) is 54.6 Å². The smallest absolute Gasteiger partial charge is 0.0872 e. The quantitative estimate of drug-likeness (QED) is 0.737. The second-order valence-electron chi connectivity index (χ2n) is 4.27. The summed E-state index contributed by atoms with van der Waals surface area (Å²) < 4.78 is 0. The van der Waals surface area contributed by atoms with Gasteiger partial charge in [-0.1, -0.05) is 60.7 Å². The highest BCUT2D eigenvalue weighted by atomic mass is 32.1. The van der Waals surface area contributed by atoms with Gasteiger partial charge in [-0.05, 0) is 17.2 Å². The zero-order valence-corrected chi connectivity index (χ0v) is 10.3. The predicted molar refractivity (Wildman–Crippen MR) is 75.4 cm³/mol. The summed E-state index contributed by atoms with van der Waals surface area (Å²) >= 11 is 5.47. The summed E-state index contributed by atoms with van der Waals surface area (Å²) in [5.41, 5.74) is 3.90. The van der Waals surface area contributed by atoms with Gasteiger partial charge in [0.05, 0.1) is 4.99 Å². The van der Waals surface area contributed by atoms with Gasteiger partial charge in [-0.15, -0.1) is 0 Å². The van der Waals surface area contributed by atoms with Crippen LogP contribution in [0.4, 0.5) is 5.69 Å². The first-order valence-electron chi connectivity index (χ1n) is 5.77. The molecule has 2 heteroatoms. The molecule has 0 aromatic heterocycles. The van der Waals surface area contributed by atoms with Gasteiger partial charge in [0.1, 0.15) is 0 Å². The SMILES string of the molecule is S=C1Cc2ccccc2N1Cc1ccccc1. The maximum atomic E-state index is 5.47. The molecule has 2 aromatic carbocycles. The number of fused-ring (bicyclic) bond motifs is 1. The summed E-state index contributed by atoms with van der Waals surface area (Å²) in [7, 11) is 0. The summed E-state index contributed by atoms with van der Waals surface area (Å²) in [6.45, 7) is 0.872. The molecule has 0 fully saturated rings. The van der Waals surface area contributed by atoms with Crippen molar-refractivity contribution in [3.8, 4) is 0 Å². The monoisotopic (exact) mass is 239 g/mol. The minimum Gasteiger partial charge on any atom is -0.331 e. The molecule has 0 aliphatic carbocycles. The molecule has 0 N–H and O–H groups in total. The molecule has 0 saturated heterocycles. The number of anilines is 1. The van der Waals surface area contributed by atoms with Crippen LogP contribution in [0.2, 0.25) is 0 Å². The molecule has 1 nitrogen and oxygen atoms in total. The van der Waals surface area contributed by atoms with Gasteiger partial charge in [0.2, 0.25) is 0 Å². The van der Waals surface area contributed by atoms with Crippen LogP contribution in [0.3, 0.4) is 0 Å². The van der Waals surface area contributed by atoms with Crippen molar-refractivity contribution in [1.82, 2.24) is 0 Å². The van der Waals surface area contributed by atoms with Crippen molar-refractivity contribution in [1.29, 1.82) is 0 Å². The minimum absolute atomic E-state index is 0.872. The summed E-state index contributed by atoms with van der Waals surface area (Å²) in [5.74, 6) is 0.